The first-order chi connectivity index (χ1) is 12.5. The molecular formula is C21H23NO4. The molecule has 3 rings (SSSR count). The third-order valence-electron chi connectivity index (χ3n) is 4.46. The SMILES string of the molecule is CCOC(=O)[C@@H]1OC(C)(C)N(C(=O)c2ccccc2)[C@H]1c1ccccc1. The minimum absolute atomic E-state index is 0.184. The molecule has 136 valence electrons. The molecule has 1 amide bonds. The number of amides is 1. The van der Waals surface area contributed by atoms with Crippen molar-refractivity contribution in [1.82, 2.24) is 4.90 Å². The Bertz CT molecular complexity index is 773. The molecule has 0 saturated carbocycles. The van der Waals surface area contributed by atoms with E-state index >= 15 is 0 Å². The van der Waals surface area contributed by atoms with E-state index in [0.29, 0.717) is 5.56 Å². The maximum absolute atomic E-state index is 13.3. The monoisotopic (exact) mass is 353 g/mol. The molecule has 1 saturated heterocycles. The molecule has 0 N–H and O–H groups in total. The fourth-order valence-corrected chi connectivity index (χ4v) is 3.37. The van der Waals surface area contributed by atoms with Crippen LogP contribution < -0.4 is 0 Å². The number of esters is 1. The second kappa shape index (κ2) is 7.30. The van der Waals surface area contributed by atoms with Crippen LogP contribution in [0.5, 0.6) is 0 Å². The highest BCUT2D eigenvalue weighted by Gasteiger charge is 2.53. The first-order valence-corrected chi connectivity index (χ1v) is 8.74. The molecule has 2 aromatic rings. The Morgan fingerprint density at radius 1 is 1.04 bits per heavy atom. The van der Waals surface area contributed by atoms with Gasteiger partial charge in [0.05, 0.1) is 12.6 Å². The summed E-state index contributed by atoms with van der Waals surface area (Å²) in [7, 11) is 0. The van der Waals surface area contributed by atoms with Gasteiger partial charge < -0.3 is 14.4 Å². The lowest BCUT2D eigenvalue weighted by Crippen LogP contribution is -2.45. The van der Waals surface area contributed by atoms with E-state index in [2.05, 4.69) is 0 Å². The van der Waals surface area contributed by atoms with Crippen molar-refractivity contribution < 1.29 is 19.1 Å². The Morgan fingerprint density at radius 3 is 2.19 bits per heavy atom. The van der Waals surface area contributed by atoms with Crippen molar-refractivity contribution in [2.75, 3.05) is 6.61 Å². The summed E-state index contributed by atoms with van der Waals surface area (Å²) in [5, 5.41) is 0. The van der Waals surface area contributed by atoms with E-state index in [1.807, 2.05) is 48.5 Å². The van der Waals surface area contributed by atoms with Crippen LogP contribution in [0.15, 0.2) is 60.7 Å². The van der Waals surface area contributed by atoms with Crippen molar-refractivity contribution in [3.05, 3.63) is 71.8 Å². The molecule has 26 heavy (non-hydrogen) atoms. The smallest absolute Gasteiger partial charge is 0.337 e. The Morgan fingerprint density at radius 2 is 1.62 bits per heavy atom. The zero-order chi connectivity index (χ0) is 18.7. The summed E-state index contributed by atoms with van der Waals surface area (Å²) >= 11 is 0. The molecule has 0 unspecified atom stereocenters. The third-order valence-corrected chi connectivity index (χ3v) is 4.46. The van der Waals surface area contributed by atoms with Gasteiger partial charge in [0.1, 0.15) is 5.72 Å². The topological polar surface area (TPSA) is 55.8 Å². The molecule has 0 radical (unpaired) electrons. The van der Waals surface area contributed by atoms with E-state index in [0.717, 1.165) is 5.56 Å². The third kappa shape index (κ3) is 3.35. The zero-order valence-electron chi connectivity index (χ0n) is 15.2. The standard InChI is InChI=1S/C21H23NO4/c1-4-25-20(24)18-17(15-11-7-5-8-12-15)22(21(2,3)26-18)19(23)16-13-9-6-10-14-16/h5-14,17-18H,4H2,1-3H3/t17-,18+/m0/s1. The van der Waals surface area contributed by atoms with Crippen LogP contribution in [0.1, 0.15) is 42.7 Å². The lowest BCUT2D eigenvalue weighted by atomic mass is 9.98. The average molecular weight is 353 g/mol. The van der Waals surface area contributed by atoms with Crippen molar-refractivity contribution in [1.29, 1.82) is 0 Å². The van der Waals surface area contributed by atoms with Gasteiger partial charge in [0.2, 0.25) is 0 Å². The highest BCUT2D eigenvalue weighted by Crippen LogP contribution is 2.43. The number of ether oxygens (including phenoxy) is 2. The number of carbonyl (C=O) groups is 2. The highest BCUT2D eigenvalue weighted by atomic mass is 16.6. The zero-order valence-corrected chi connectivity index (χ0v) is 15.2. The van der Waals surface area contributed by atoms with Crippen LogP contribution >= 0.6 is 0 Å². The van der Waals surface area contributed by atoms with Gasteiger partial charge in [-0.1, -0.05) is 48.5 Å². The summed E-state index contributed by atoms with van der Waals surface area (Å²) in [6, 6.07) is 17.9. The summed E-state index contributed by atoms with van der Waals surface area (Å²) in [5.41, 5.74) is 0.431. The van der Waals surface area contributed by atoms with Crippen molar-refractivity contribution in [3.63, 3.8) is 0 Å². The minimum Gasteiger partial charge on any atom is -0.464 e. The maximum Gasteiger partial charge on any atom is 0.337 e. The lowest BCUT2D eigenvalue weighted by molar-refractivity contribution is -0.160. The van der Waals surface area contributed by atoms with E-state index in [-0.39, 0.29) is 12.5 Å². The van der Waals surface area contributed by atoms with Gasteiger partial charge in [0.15, 0.2) is 6.10 Å². The first-order valence-electron chi connectivity index (χ1n) is 8.74. The van der Waals surface area contributed by atoms with Crippen molar-refractivity contribution >= 4 is 11.9 Å². The van der Waals surface area contributed by atoms with Crippen LogP contribution in [0.2, 0.25) is 0 Å². The second-order valence-corrected chi connectivity index (χ2v) is 6.63. The van der Waals surface area contributed by atoms with Gasteiger partial charge in [0.25, 0.3) is 5.91 Å². The number of carbonyl (C=O) groups excluding carboxylic acids is 2. The van der Waals surface area contributed by atoms with Crippen molar-refractivity contribution in [2.45, 2.75) is 38.6 Å². The molecule has 1 fully saturated rings. The predicted octanol–water partition coefficient (Wildman–Crippen LogP) is 3.57. The number of rotatable bonds is 4. The fourth-order valence-electron chi connectivity index (χ4n) is 3.37. The van der Waals surface area contributed by atoms with Gasteiger partial charge in [-0.25, -0.2) is 4.79 Å². The van der Waals surface area contributed by atoms with Gasteiger partial charge >= 0.3 is 5.97 Å². The Labute approximate surface area is 153 Å². The quantitative estimate of drug-likeness (QED) is 0.789. The summed E-state index contributed by atoms with van der Waals surface area (Å²) in [6.07, 6.45) is -0.875. The fraction of sp³-hybridized carbons (Fsp3) is 0.333. The molecule has 0 aromatic heterocycles. The Kier molecular flexibility index (Phi) is 5.09. The Hall–Kier alpha value is -2.66. The van der Waals surface area contributed by atoms with Crippen LogP contribution in [-0.4, -0.2) is 35.2 Å². The summed E-state index contributed by atoms with van der Waals surface area (Å²) < 4.78 is 11.2. The number of hydrogen-bond donors (Lipinski definition) is 0. The summed E-state index contributed by atoms with van der Waals surface area (Å²) in [6.45, 7) is 5.60. The largest absolute Gasteiger partial charge is 0.464 e. The number of hydrogen-bond acceptors (Lipinski definition) is 4. The molecule has 2 aromatic carbocycles. The minimum atomic E-state index is -0.954. The summed E-state index contributed by atoms with van der Waals surface area (Å²) in [5.74, 6) is -0.644. The van der Waals surface area contributed by atoms with Gasteiger partial charge in [-0.05, 0) is 38.5 Å². The van der Waals surface area contributed by atoms with Gasteiger partial charge in [0, 0.05) is 5.56 Å². The number of nitrogens with zero attached hydrogens (tertiary/aromatic N) is 1. The Balaban J connectivity index is 2.06. The average Bonchev–Trinajstić information content (AvgIpc) is 2.94. The van der Waals surface area contributed by atoms with Crippen LogP contribution in [0.3, 0.4) is 0 Å². The molecule has 1 heterocycles. The van der Waals surface area contributed by atoms with Gasteiger partial charge in [-0.2, -0.15) is 0 Å². The second-order valence-electron chi connectivity index (χ2n) is 6.63. The van der Waals surface area contributed by atoms with Crippen LogP contribution in [0.4, 0.5) is 0 Å². The molecule has 0 spiro atoms. The highest BCUT2D eigenvalue weighted by molar-refractivity contribution is 5.95. The molecule has 5 nitrogen and oxygen atoms in total. The van der Waals surface area contributed by atoms with Crippen LogP contribution in [0, 0.1) is 0 Å². The van der Waals surface area contributed by atoms with E-state index < -0.39 is 23.8 Å². The predicted molar refractivity (Wildman–Crippen MR) is 97.4 cm³/mol. The molecule has 0 bridgehead atoms. The molecule has 1 aliphatic heterocycles. The van der Waals surface area contributed by atoms with Crippen molar-refractivity contribution in [2.24, 2.45) is 0 Å². The molecular weight excluding hydrogens is 330 g/mol. The molecule has 2 atom stereocenters. The van der Waals surface area contributed by atoms with E-state index in [1.165, 1.54) is 0 Å². The summed E-state index contributed by atoms with van der Waals surface area (Å²) in [4.78, 5) is 27.4. The van der Waals surface area contributed by atoms with Gasteiger partial charge in [-0.3, -0.25) is 4.79 Å². The first kappa shape index (κ1) is 18.1. The van der Waals surface area contributed by atoms with Crippen molar-refractivity contribution in [3.8, 4) is 0 Å². The van der Waals surface area contributed by atoms with Crippen LogP contribution in [-0.2, 0) is 14.3 Å². The van der Waals surface area contributed by atoms with E-state index in [9.17, 15) is 9.59 Å². The van der Waals surface area contributed by atoms with E-state index in [4.69, 9.17) is 9.47 Å². The normalized spacial score (nSPS) is 21.4. The molecule has 5 heteroatoms. The molecule has 1 aliphatic rings. The van der Waals surface area contributed by atoms with E-state index in [1.54, 1.807) is 37.8 Å². The molecule has 0 aliphatic carbocycles. The van der Waals surface area contributed by atoms with Gasteiger partial charge in [-0.15, -0.1) is 0 Å². The lowest BCUT2D eigenvalue weighted by Gasteiger charge is -2.34. The van der Waals surface area contributed by atoms with Crippen LogP contribution in [0.25, 0.3) is 0 Å². The number of benzene rings is 2. The maximum atomic E-state index is 13.3.